The molecule has 1 aromatic carbocycles. The summed E-state index contributed by atoms with van der Waals surface area (Å²) >= 11 is 6.02. The van der Waals surface area contributed by atoms with E-state index in [4.69, 9.17) is 11.6 Å². The summed E-state index contributed by atoms with van der Waals surface area (Å²) in [6, 6.07) is 11.8. The molecule has 7 heteroatoms. The Balaban J connectivity index is 1.26. The third-order valence-electron chi connectivity index (χ3n) is 6.91. The van der Waals surface area contributed by atoms with E-state index in [1.165, 1.54) is 11.3 Å². The Labute approximate surface area is 225 Å². The van der Waals surface area contributed by atoms with Crippen molar-refractivity contribution in [3.63, 3.8) is 0 Å². The van der Waals surface area contributed by atoms with E-state index in [1.807, 2.05) is 43.4 Å². The largest absolute Gasteiger partial charge is 0.368 e. The zero-order chi connectivity index (χ0) is 26.2. The number of benzene rings is 1. The summed E-state index contributed by atoms with van der Waals surface area (Å²) in [6.07, 6.45) is 10.7. The fourth-order valence-corrected chi connectivity index (χ4v) is 5.03. The number of hydrogen-bond acceptors (Lipinski definition) is 5. The summed E-state index contributed by atoms with van der Waals surface area (Å²) in [7, 11) is 0. The van der Waals surface area contributed by atoms with Crippen LogP contribution < -0.4 is 10.2 Å². The zero-order valence-electron chi connectivity index (χ0n) is 21.6. The Hall–Kier alpha value is -3.35. The number of anilines is 1. The van der Waals surface area contributed by atoms with Crippen molar-refractivity contribution >= 4 is 28.9 Å². The van der Waals surface area contributed by atoms with E-state index in [-0.39, 0.29) is 11.9 Å². The van der Waals surface area contributed by atoms with Gasteiger partial charge in [-0.1, -0.05) is 49.1 Å². The van der Waals surface area contributed by atoms with Gasteiger partial charge >= 0.3 is 0 Å². The Morgan fingerprint density at radius 3 is 2.54 bits per heavy atom. The normalized spacial score (nSPS) is 18.9. The first kappa shape index (κ1) is 26.7. The van der Waals surface area contributed by atoms with E-state index in [0.717, 1.165) is 68.5 Å². The number of amides is 1. The van der Waals surface area contributed by atoms with E-state index in [1.54, 1.807) is 12.3 Å². The van der Waals surface area contributed by atoms with Crippen LogP contribution in [0.4, 0.5) is 5.69 Å². The summed E-state index contributed by atoms with van der Waals surface area (Å²) in [4.78, 5) is 24.3. The molecule has 2 aliphatic heterocycles. The van der Waals surface area contributed by atoms with Crippen LogP contribution in [-0.4, -0.2) is 72.5 Å². The average molecular weight is 518 g/mol. The predicted octanol–water partition coefficient (Wildman–Crippen LogP) is 5.02. The lowest BCUT2D eigenvalue weighted by molar-refractivity contribution is 0.0933. The third-order valence-corrected chi connectivity index (χ3v) is 7.16. The van der Waals surface area contributed by atoms with Crippen molar-refractivity contribution in [2.45, 2.75) is 19.4 Å². The predicted molar refractivity (Wildman–Crippen MR) is 154 cm³/mol. The number of nitrogens with zero attached hydrogens (tertiary/aromatic N) is 4. The molecule has 3 heterocycles. The van der Waals surface area contributed by atoms with Crippen LogP contribution >= 0.6 is 11.6 Å². The lowest BCUT2D eigenvalue weighted by atomic mass is 10.1. The molecule has 0 bridgehead atoms. The van der Waals surface area contributed by atoms with Gasteiger partial charge in [0.05, 0.1) is 0 Å². The highest BCUT2D eigenvalue weighted by molar-refractivity contribution is 6.30. The van der Waals surface area contributed by atoms with Crippen molar-refractivity contribution in [2.75, 3.05) is 50.7 Å². The molecule has 0 spiro atoms. The highest BCUT2D eigenvalue weighted by Crippen LogP contribution is 2.23. The minimum absolute atomic E-state index is 0.122. The second-order valence-electron chi connectivity index (χ2n) is 9.50. The summed E-state index contributed by atoms with van der Waals surface area (Å²) < 4.78 is 0. The summed E-state index contributed by atoms with van der Waals surface area (Å²) in [5.41, 5.74) is 4.71. The molecule has 6 nitrogen and oxygen atoms in total. The molecule has 194 valence electrons. The Morgan fingerprint density at radius 2 is 1.89 bits per heavy atom. The Bertz CT molecular complexity index is 1150. The van der Waals surface area contributed by atoms with E-state index in [0.29, 0.717) is 5.69 Å². The van der Waals surface area contributed by atoms with Crippen molar-refractivity contribution < 1.29 is 4.79 Å². The lowest BCUT2D eigenvalue weighted by Crippen LogP contribution is -2.45. The summed E-state index contributed by atoms with van der Waals surface area (Å²) in [6.45, 7) is 16.3. The van der Waals surface area contributed by atoms with Crippen molar-refractivity contribution in [1.29, 1.82) is 0 Å². The maximum absolute atomic E-state index is 12.8. The van der Waals surface area contributed by atoms with Crippen molar-refractivity contribution in [1.82, 2.24) is 20.1 Å². The van der Waals surface area contributed by atoms with Gasteiger partial charge in [0.15, 0.2) is 0 Å². The zero-order valence-corrected chi connectivity index (χ0v) is 22.3. The van der Waals surface area contributed by atoms with E-state index in [2.05, 4.69) is 56.4 Å². The highest BCUT2D eigenvalue weighted by atomic mass is 35.5. The molecule has 1 amide bonds. The van der Waals surface area contributed by atoms with E-state index >= 15 is 0 Å². The van der Waals surface area contributed by atoms with Crippen molar-refractivity contribution in [3.05, 3.63) is 102 Å². The van der Waals surface area contributed by atoms with E-state index < -0.39 is 0 Å². The van der Waals surface area contributed by atoms with Gasteiger partial charge in [-0.05, 0) is 55.3 Å². The number of likely N-dealkylation sites (tertiary alicyclic amines) is 1. The molecule has 0 saturated carbocycles. The topological polar surface area (TPSA) is 51.7 Å². The smallest absolute Gasteiger partial charge is 0.270 e. The van der Waals surface area contributed by atoms with Gasteiger partial charge in [-0.2, -0.15) is 0 Å². The summed E-state index contributed by atoms with van der Waals surface area (Å²) in [5.74, 6) is -0.129. The Morgan fingerprint density at radius 1 is 1.14 bits per heavy atom. The minimum atomic E-state index is -0.129. The van der Waals surface area contributed by atoms with Gasteiger partial charge in [0.2, 0.25) is 0 Å². The van der Waals surface area contributed by atoms with Gasteiger partial charge in [0.1, 0.15) is 5.69 Å². The first-order valence-corrected chi connectivity index (χ1v) is 13.2. The van der Waals surface area contributed by atoms with Gasteiger partial charge < -0.3 is 15.1 Å². The van der Waals surface area contributed by atoms with Crippen LogP contribution in [-0.2, 0) is 0 Å². The standard InChI is InChI=1S/C30H36ClN5O/c1-4-6-24(7-5-2)21-34-15-14-27(22-34)33-30(37)29-13-8-25(20-32-29)23(3)35-16-18-36(19-17-35)28-11-9-26(31)10-12-28/h4-13,20,27H,1,3,14-19,21-22H2,2H3,(H,33,37)/b7-5-,24-6+/t27-/m0/s1. The molecule has 0 radical (unpaired) electrons. The van der Waals surface area contributed by atoms with E-state index in [9.17, 15) is 4.79 Å². The fraction of sp³-hybridized carbons (Fsp3) is 0.333. The molecule has 4 rings (SSSR count). The molecule has 2 aliphatic rings. The molecule has 1 N–H and O–H groups in total. The third kappa shape index (κ3) is 7.12. The number of hydrogen-bond donors (Lipinski definition) is 1. The second-order valence-corrected chi connectivity index (χ2v) is 9.94. The van der Waals surface area contributed by atoms with Crippen molar-refractivity contribution in [2.24, 2.45) is 0 Å². The molecular formula is C30H36ClN5O. The maximum Gasteiger partial charge on any atom is 0.270 e. The SMILES string of the molecule is C=C/C=C(\C=C/C)CN1CC[C@H](NC(=O)c2ccc(C(=C)N3CCN(c4ccc(Cl)cc4)CC3)cn2)C1. The highest BCUT2D eigenvalue weighted by Gasteiger charge is 2.25. The van der Waals surface area contributed by atoms with Crippen LogP contribution in [0.5, 0.6) is 0 Å². The molecule has 1 aromatic heterocycles. The second kappa shape index (κ2) is 12.7. The first-order valence-electron chi connectivity index (χ1n) is 12.8. The molecule has 0 aliphatic carbocycles. The number of rotatable bonds is 9. The van der Waals surface area contributed by atoms with Gasteiger partial charge in [-0.15, -0.1) is 0 Å². The first-order chi connectivity index (χ1) is 18.0. The van der Waals surface area contributed by atoms with Crippen LogP contribution in [0.25, 0.3) is 5.70 Å². The maximum atomic E-state index is 12.8. The molecule has 1 atom stereocenters. The van der Waals surface area contributed by atoms with Crippen LogP contribution in [0.1, 0.15) is 29.4 Å². The number of nitrogens with one attached hydrogen (secondary N) is 1. The number of pyridine rings is 1. The van der Waals surface area contributed by atoms with Crippen LogP contribution in [0.15, 0.2) is 85.6 Å². The number of halogens is 1. The number of aromatic nitrogens is 1. The quantitative estimate of drug-likeness (QED) is 0.473. The fourth-order valence-electron chi connectivity index (χ4n) is 4.91. The molecule has 0 unspecified atom stereocenters. The van der Waals surface area contributed by atoms with Crippen LogP contribution in [0.3, 0.4) is 0 Å². The molecule has 2 fully saturated rings. The molecule has 2 saturated heterocycles. The number of piperazine rings is 1. The van der Waals surface area contributed by atoms with Crippen LogP contribution in [0, 0.1) is 0 Å². The summed E-state index contributed by atoms with van der Waals surface area (Å²) in [5, 5.41) is 3.90. The van der Waals surface area contributed by atoms with Crippen LogP contribution in [0.2, 0.25) is 5.02 Å². The molecule has 2 aromatic rings. The number of carbonyl (C=O) groups excluding carboxylic acids is 1. The van der Waals surface area contributed by atoms with Gasteiger partial charge in [0.25, 0.3) is 5.91 Å². The molecule has 37 heavy (non-hydrogen) atoms. The Kier molecular flexibility index (Phi) is 9.20. The van der Waals surface area contributed by atoms with Gasteiger partial charge in [0, 0.05) is 80.0 Å². The number of allylic oxidation sites excluding steroid dienone is 3. The molecular weight excluding hydrogens is 482 g/mol. The minimum Gasteiger partial charge on any atom is -0.368 e. The monoisotopic (exact) mass is 517 g/mol. The van der Waals surface area contributed by atoms with Crippen molar-refractivity contribution in [3.8, 4) is 0 Å². The lowest BCUT2D eigenvalue weighted by Gasteiger charge is -2.38. The number of carbonyl (C=O) groups is 1. The van der Waals surface area contributed by atoms with Gasteiger partial charge in [-0.3, -0.25) is 14.7 Å². The average Bonchev–Trinajstić information content (AvgIpc) is 3.35. The van der Waals surface area contributed by atoms with Gasteiger partial charge in [-0.25, -0.2) is 0 Å².